The van der Waals surface area contributed by atoms with Crippen molar-refractivity contribution in [1.29, 1.82) is 0 Å². The first kappa shape index (κ1) is 15.2. The van der Waals surface area contributed by atoms with E-state index in [4.69, 9.17) is 0 Å². The zero-order valence-electron chi connectivity index (χ0n) is 10.2. The highest BCUT2D eigenvalue weighted by Crippen LogP contribution is 2.40. The minimum absolute atomic E-state index is 0.0212. The number of hydrogen-bond acceptors (Lipinski definition) is 3. The molecule has 0 saturated carbocycles. The molecule has 0 aliphatic carbocycles. The zero-order chi connectivity index (χ0) is 14.7. The van der Waals surface area contributed by atoms with E-state index in [0.717, 1.165) is 10.8 Å². The molecule has 8 heteroatoms. The second kappa shape index (κ2) is 5.43. The van der Waals surface area contributed by atoms with Crippen LogP contribution in [0.3, 0.4) is 0 Å². The summed E-state index contributed by atoms with van der Waals surface area (Å²) >= 11 is 0. The number of aromatic nitrogens is 2. The Hall–Kier alpha value is -1.83. The summed E-state index contributed by atoms with van der Waals surface area (Å²) in [7, 11) is 1.31. The fourth-order valence-corrected chi connectivity index (χ4v) is 1.55. The second-order valence-electron chi connectivity index (χ2n) is 3.99. The summed E-state index contributed by atoms with van der Waals surface area (Å²) in [5, 5.41) is 12.1. The molecule has 0 aliphatic rings. The van der Waals surface area contributed by atoms with Gasteiger partial charge in [0.15, 0.2) is 5.82 Å². The molecular weight excluding hydrogens is 263 g/mol. The summed E-state index contributed by atoms with van der Waals surface area (Å²) < 4.78 is 40.1. The molecule has 1 aromatic heterocycles. The smallest absolute Gasteiger partial charge is 0.374 e. The van der Waals surface area contributed by atoms with Gasteiger partial charge in [-0.1, -0.05) is 6.08 Å². The Morgan fingerprint density at radius 3 is 2.68 bits per heavy atom. The van der Waals surface area contributed by atoms with Gasteiger partial charge in [0.25, 0.3) is 0 Å². The second-order valence-corrected chi connectivity index (χ2v) is 3.99. The van der Waals surface area contributed by atoms with Crippen molar-refractivity contribution in [2.45, 2.75) is 18.2 Å². The van der Waals surface area contributed by atoms with Gasteiger partial charge in [-0.2, -0.15) is 13.2 Å². The van der Waals surface area contributed by atoms with E-state index in [2.05, 4.69) is 16.9 Å². The van der Waals surface area contributed by atoms with E-state index >= 15 is 0 Å². The number of amides is 1. The topological polar surface area (TPSA) is 67.2 Å². The number of rotatable bonds is 5. The molecule has 19 heavy (non-hydrogen) atoms. The summed E-state index contributed by atoms with van der Waals surface area (Å²) in [5.41, 5.74) is -3.32. The van der Waals surface area contributed by atoms with Gasteiger partial charge in [0, 0.05) is 26.0 Å². The van der Waals surface area contributed by atoms with Crippen LogP contribution in [-0.4, -0.2) is 33.3 Å². The Labute approximate surface area is 107 Å². The molecule has 1 rings (SSSR count). The van der Waals surface area contributed by atoms with Crippen LogP contribution >= 0.6 is 0 Å². The lowest BCUT2D eigenvalue weighted by atomic mass is 9.97. The van der Waals surface area contributed by atoms with Gasteiger partial charge in [0.2, 0.25) is 11.5 Å². The standard InChI is InChI=1S/C11H14F3N3O2/c1-3-4-15-8(18)7-10(19,11(12,13)14)9-16-5-6-17(9)2/h3,5-6,19H,1,4,7H2,2H3,(H,15,18)/t10-/m1/s1. The van der Waals surface area contributed by atoms with Crippen molar-refractivity contribution in [2.75, 3.05) is 6.54 Å². The van der Waals surface area contributed by atoms with Gasteiger partial charge in [0.1, 0.15) is 0 Å². The molecule has 2 N–H and O–H groups in total. The minimum atomic E-state index is -5.02. The van der Waals surface area contributed by atoms with E-state index in [9.17, 15) is 23.1 Å². The quantitative estimate of drug-likeness (QED) is 0.785. The number of aryl methyl sites for hydroxylation is 1. The fourth-order valence-electron chi connectivity index (χ4n) is 1.55. The number of aliphatic hydroxyl groups is 1. The normalized spacial score (nSPS) is 14.8. The van der Waals surface area contributed by atoms with E-state index in [1.54, 1.807) is 0 Å². The third-order valence-corrected chi connectivity index (χ3v) is 2.52. The van der Waals surface area contributed by atoms with Gasteiger partial charge < -0.3 is 15.0 Å². The van der Waals surface area contributed by atoms with Gasteiger partial charge in [-0.25, -0.2) is 4.98 Å². The van der Waals surface area contributed by atoms with E-state index in [-0.39, 0.29) is 6.54 Å². The molecule has 1 atom stereocenters. The fraction of sp³-hybridized carbons (Fsp3) is 0.455. The molecule has 0 bridgehead atoms. The Morgan fingerprint density at radius 2 is 2.26 bits per heavy atom. The zero-order valence-corrected chi connectivity index (χ0v) is 10.2. The summed E-state index contributed by atoms with van der Waals surface area (Å²) in [6.07, 6.45) is -2.47. The Balaban J connectivity index is 3.05. The molecule has 1 heterocycles. The monoisotopic (exact) mass is 277 g/mol. The van der Waals surface area contributed by atoms with Gasteiger partial charge in [-0.3, -0.25) is 4.79 Å². The molecule has 1 aromatic rings. The van der Waals surface area contributed by atoms with E-state index in [1.165, 1.54) is 19.3 Å². The highest BCUT2D eigenvalue weighted by molar-refractivity contribution is 5.77. The van der Waals surface area contributed by atoms with E-state index in [1.807, 2.05) is 0 Å². The predicted octanol–water partition coefficient (Wildman–Crippen LogP) is 0.862. The summed E-state index contributed by atoms with van der Waals surface area (Å²) in [6, 6.07) is 0. The van der Waals surface area contributed by atoms with Crippen LogP contribution in [0.2, 0.25) is 0 Å². The lowest BCUT2D eigenvalue weighted by molar-refractivity contribution is -0.271. The van der Waals surface area contributed by atoms with Crippen molar-refractivity contribution in [3.63, 3.8) is 0 Å². The maximum Gasteiger partial charge on any atom is 0.425 e. The molecule has 0 saturated heterocycles. The molecule has 1 amide bonds. The maximum absolute atomic E-state index is 13.0. The molecule has 0 unspecified atom stereocenters. The average Bonchev–Trinajstić information content (AvgIpc) is 2.71. The van der Waals surface area contributed by atoms with Crippen molar-refractivity contribution < 1.29 is 23.1 Å². The number of imidazole rings is 1. The summed E-state index contributed by atoms with van der Waals surface area (Å²) in [5.74, 6) is -1.57. The number of carbonyl (C=O) groups excluding carboxylic acids is 1. The van der Waals surface area contributed by atoms with Crippen molar-refractivity contribution >= 4 is 5.91 Å². The molecular formula is C11H14F3N3O2. The first-order valence-corrected chi connectivity index (χ1v) is 5.37. The van der Waals surface area contributed by atoms with Crippen molar-refractivity contribution in [3.8, 4) is 0 Å². The highest BCUT2D eigenvalue weighted by Gasteiger charge is 2.58. The number of alkyl halides is 3. The Kier molecular flexibility index (Phi) is 4.35. The number of carbonyl (C=O) groups is 1. The summed E-state index contributed by atoms with van der Waals surface area (Å²) in [6.45, 7) is 3.35. The van der Waals surface area contributed by atoms with Crippen LogP contribution in [0.5, 0.6) is 0 Å². The molecule has 0 aromatic carbocycles. The number of hydrogen-bond donors (Lipinski definition) is 2. The number of nitrogens with zero attached hydrogens (tertiary/aromatic N) is 2. The predicted molar refractivity (Wildman–Crippen MR) is 61.0 cm³/mol. The van der Waals surface area contributed by atoms with Crippen LogP contribution in [0.25, 0.3) is 0 Å². The van der Waals surface area contributed by atoms with Crippen LogP contribution < -0.4 is 5.32 Å². The van der Waals surface area contributed by atoms with Gasteiger partial charge in [-0.15, -0.1) is 6.58 Å². The van der Waals surface area contributed by atoms with Crippen LogP contribution in [0, 0.1) is 0 Å². The molecule has 0 spiro atoms. The minimum Gasteiger partial charge on any atom is -0.374 e. The summed E-state index contributed by atoms with van der Waals surface area (Å²) in [4.78, 5) is 14.9. The lowest BCUT2D eigenvalue weighted by Crippen LogP contribution is -2.47. The number of halogens is 3. The van der Waals surface area contributed by atoms with Crippen LogP contribution in [0.1, 0.15) is 12.2 Å². The molecule has 5 nitrogen and oxygen atoms in total. The Bertz CT molecular complexity index is 470. The highest BCUT2D eigenvalue weighted by atomic mass is 19.4. The van der Waals surface area contributed by atoms with Gasteiger partial charge in [0.05, 0.1) is 6.42 Å². The van der Waals surface area contributed by atoms with Gasteiger partial charge in [-0.05, 0) is 0 Å². The SMILES string of the molecule is C=CCNC(=O)C[C@@](O)(c1nccn1C)C(F)(F)F. The van der Waals surface area contributed by atoms with Crippen molar-refractivity contribution in [2.24, 2.45) is 7.05 Å². The lowest BCUT2D eigenvalue weighted by Gasteiger charge is -2.29. The van der Waals surface area contributed by atoms with Gasteiger partial charge >= 0.3 is 6.18 Å². The average molecular weight is 277 g/mol. The largest absolute Gasteiger partial charge is 0.425 e. The third-order valence-electron chi connectivity index (χ3n) is 2.52. The van der Waals surface area contributed by atoms with E-state index < -0.39 is 29.9 Å². The Morgan fingerprint density at radius 1 is 1.63 bits per heavy atom. The molecule has 0 aliphatic heterocycles. The maximum atomic E-state index is 13.0. The molecule has 0 radical (unpaired) electrons. The first-order chi connectivity index (χ1) is 8.72. The molecule has 0 fully saturated rings. The van der Waals surface area contributed by atoms with Crippen LogP contribution in [0.4, 0.5) is 13.2 Å². The first-order valence-electron chi connectivity index (χ1n) is 5.37. The number of nitrogens with one attached hydrogen (secondary N) is 1. The van der Waals surface area contributed by atoms with Crippen LogP contribution in [-0.2, 0) is 17.4 Å². The van der Waals surface area contributed by atoms with E-state index in [0.29, 0.717) is 0 Å². The van der Waals surface area contributed by atoms with Crippen molar-refractivity contribution in [1.82, 2.24) is 14.9 Å². The van der Waals surface area contributed by atoms with Crippen molar-refractivity contribution in [3.05, 3.63) is 30.9 Å². The van der Waals surface area contributed by atoms with Crippen LogP contribution in [0.15, 0.2) is 25.0 Å². The third kappa shape index (κ3) is 3.14. The molecule has 106 valence electrons.